The van der Waals surface area contributed by atoms with Crippen molar-refractivity contribution in [3.05, 3.63) is 119 Å². The number of hydrogen-bond acceptors (Lipinski definition) is 4. The number of likely N-dealkylation sites (tertiary alicyclic amines) is 1. The summed E-state index contributed by atoms with van der Waals surface area (Å²) in [5.41, 5.74) is -0.0143. The van der Waals surface area contributed by atoms with E-state index < -0.39 is 17.2 Å². The molecule has 1 atom stereocenters. The van der Waals surface area contributed by atoms with Crippen LogP contribution in [0.25, 0.3) is 0 Å². The molecule has 8 heteroatoms. The molecule has 1 saturated heterocycles. The average molecular weight is 489 g/mol. The van der Waals surface area contributed by atoms with E-state index >= 15 is 0 Å². The summed E-state index contributed by atoms with van der Waals surface area (Å²) in [6.45, 7) is 0.591. The smallest absolute Gasteiger partial charge is 0.362 e. The molecule has 1 fully saturated rings. The third kappa shape index (κ3) is 4.64. The van der Waals surface area contributed by atoms with E-state index in [1.54, 1.807) is 4.90 Å². The summed E-state index contributed by atoms with van der Waals surface area (Å²) in [7, 11) is 0. The first kappa shape index (κ1) is 23.8. The number of aromatic nitrogens is 3. The predicted molar refractivity (Wildman–Crippen MR) is 130 cm³/mol. The van der Waals surface area contributed by atoms with Crippen LogP contribution in [0.1, 0.15) is 41.6 Å². The van der Waals surface area contributed by atoms with Gasteiger partial charge in [-0.05, 0) is 66.6 Å². The molecule has 1 amide bonds. The Labute approximate surface area is 207 Å². The van der Waals surface area contributed by atoms with Crippen molar-refractivity contribution in [1.82, 2.24) is 19.9 Å². The normalized spacial score (nSPS) is 16.2. The first-order chi connectivity index (χ1) is 17.4. The molecule has 1 aliphatic heterocycles. The lowest BCUT2D eigenvalue weighted by Crippen LogP contribution is -2.47. The van der Waals surface area contributed by atoms with Crippen LogP contribution in [-0.4, -0.2) is 43.6 Å². The number of carbonyl (C=O) groups is 1. The molecule has 0 bridgehead atoms. The second-order valence-corrected chi connectivity index (χ2v) is 9.06. The lowest BCUT2D eigenvalue weighted by atomic mass is 9.84. The van der Waals surface area contributed by atoms with E-state index in [-0.39, 0.29) is 17.8 Å². The fourth-order valence-electron chi connectivity index (χ4n) is 4.83. The van der Waals surface area contributed by atoms with Crippen LogP contribution in [0.3, 0.4) is 0 Å². The average Bonchev–Trinajstić information content (AvgIpc) is 3.41. The highest BCUT2D eigenvalue weighted by Crippen LogP contribution is 2.35. The number of hydrogen-bond donors (Lipinski definition) is 1. The van der Waals surface area contributed by atoms with Gasteiger partial charge in [0, 0.05) is 12.6 Å². The molecule has 0 saturated carbocycles. The SMILES string of the molecule is O=C(N1CCCC[C@@H]1Cc1ccccc1)n1ncc(C(O)(c2ccc(F)cc2)c2ccc(F)cc2)n1. The number of halogens is 2. The number of benzene rings is 3. The Balaban J connectivity index is 1.48. The van der Waals surface area contributed by atoms with Gasteiger partial charge in [-0.2, -0.15) is 5.10 Å². The fraction of sp³-hybridized carbons (Fsp3) is 0.250. The topological polar surface area (TPSA) is 71.2 Å². The summed E-state index contributed by atoms with van der Waals surface area (Å²) in [6.07, 6.45) is 4.86. The number of aliphatic hydroxyl groups is 1. The summed E-state index contributed by atoms with van der Waals surface area (Å²) in [5.74, 6) is -0.929. The lowest BCUT2D eigenvalue weighted by Gasteiger charge is -2.35. The van der Waals surface area contributed by atoms with E-state index in [0.717, 1.165) is 36.0 Å². The summed E-state index contributed by atoms with van der Waals surface area (Å²) >= 11 is 0. The molecule has 3 aromatic carbocycles. The van der Waals surface area contributed by atoms with E-state index in [4.69, 9.17) is 0 Å². The van der Waals surface area contributed by atoms with Gasteiger partial charge in [0.05, 0.1) is 6.20 Å². The van der Waals surface area contributed by atoms with Crippen LogP contribution in [0.15, 0.2) is 85.1 Å². The molecule has 184 valence electrons. The second kappa shape index (κ2) is 9.99. The molecule has 0 aliphatic carbocycles. The molecule has 36 heavy (non-hydrogen) atoms. The van der Waals surface area contributed by atoms with Crippen LogP contribution >= 0.6 is 0 Å². The number of amides is 1. The minimum Gasteiger partial charge on any atom is -0.374 e. The Kier molecular flexibility index (Phi) is 6.61. The Morgan fingerprint density at radius 2 is 1.53 bits per heavy atom. The van der Waals surface area contributed by atoms with Crippen molar-refractivity contribution in [2.75, 3.05) is 6.54 Å². The number of nitrogens with zero attached hydrogens (tertiary/aromatic N) is 4. The van der Waals surface area contributed by atoms with E-state index in [1.165, 1.54) is 54.7 Å². The van der Waals surface area contributed by atoms with Gasteiger partial charge in [0.15, 0.2) is 5.60 Å². The third-order valence-electron chi connectivity index (χ3n) is 6.74. The predicted octanol–water partition coefficient (Wildman–Crippen LogP) is 4.91. The Bertz CT molecular complexity index is 1280. The zero-order valence-corrected chi connectivity index (χ0v) is 19.6. The van der Waals surface area contributed by atoms with Gasteiger partial charge in [0.1, 0.15) is 17.3 Å². The van der Waals surface area contributed by atoms with Crippen molar-refractivity contribution in [1.29, 1.82) is 0 Å². The molecule has 0 spiro atoms. The van der Waals surface area contributed by atoms with Gasteiger partial charge in [-0.3, -0.25) is 0 Å². The van der Waals surface area contributed by atoms with Gasteiger partial charge in [-0.15, -0.1) is 5.10 Å². The highest BCUT2D eigenvalue weighted by molar-refractivity contribution is 5.75. The standard InChI is InChI=1S/C28H26F2N4O2/c29-23-13-9-21(10-14-23)28(36,22-11-15-24(30)16-12-22)26-19-31-34(32-26)27(35)33-17-5-4-8-25(33)18-20-6-2-1-3-7-20/h1-3,6-7,9-16,19,25,36H,4-5,8,17-18H2/t25-/m1/s1. The first-order valence-corrected chi connectivity index (χ1v) is 12.0. The summed E-state index contributed by atoms with van der Waals surface area (Å²) in [6, 6.07) is 20.3. The van der Waals surface area contributed by atoms with Crippen molar-refractivity contribution in [3.8, 4) is 0 Å². The third-order valence-corrected chi connectivity index (χ3v) is 6.74. The maximum atomic E-state index is 13.6. The van der Waals surface area contributed by atoms with E-state index in [1.807, 2.05) is 30.3 Å². The second-order valence-electron chi connectivity index (χ2n) is 9.06. The quantitative estimate of drug-likeness (QED) is 0.434. The summed E-state index contributed by atoms with van der Waals surface area (Å²) < 4.78 is 27.3. The summed E-state index contributed by atoms with van der Waals surface area (Å²) in [5, 5.41) is 20.4. The number of carbonyl (C=O) groups excluding carboxylic acids is 1. The molecule has 5 rings (SSSR count). The van der Waals surface area contributed by atoms with E-state index in [2.05, 4.69) is 10.2 Å². The largest absolute Gasteiger partial charge is 0.374 e. The van der Waals surface area contributed by atoms with Crippen molar-refractivity contribution in [2.24, 2.45) is 0 Å². The summed E-state index contributed by atoms with van der Waals surface area (Å²) in [4.78, 5) is 16.3. The van der Waals surface area contributed by atoms with Crippen LogP contribution in [0, 0.1) is 11.6 Å². The Morgan fingerprint density at radius 1 is 0.917 bits per heavy atom. The zero-order chi connectivity index (χ0) is 25.1. The van der Waals surface area contributed by atoms with Crippen LogP contribution < -0.4 is 0 Å². The minimum absolute atomic E-state index is 0.0104. The molecular formula is C28H26F2N4O2. The molecule has 1 N–H and O–H groups in total. The van der Waals surface area contributed by atoms with Gasteiger partial charge in [-0.25, -0.2) is 13.6 Å². The van der Waals surface area contributed by atoms with Crippen LogP contribution in [0.5, 0.6) is 0 Å². The molecule has 0 radical (unpaired) electrons. The number of rotatable bonds is 5. The first-order valence-electron chi connectivity index (χ1n) is 12.0. The van der Waals surface area contributed by atoms with Crippen LogP contribution in [0.2, 0.25) is 0 Å². The maximum Gasteiger partial charge on any atom is 0.362 e. The molecule has 4 aromatic rings. The highest BCUT2D eigenvalue weighted by atomic mass is 19.1. The van der Waals surface area contributed by atoms with E-state index in [9.17, 15) is 18.7 Å². The van der Waals surface area contributed by atoms with E-state index in [0.29, 0.717) is 17.7 Å². The lowest BCUT2D eigenvalue weighted by molar-refractivity contribution is 0.119. The van der Waals surface area contributed by atoms with Gasteiger partial charge < -0.3 is 10.0 Å². The van der Waals surface area contributed by atoms with Gasteiger partial charge >= 0.3 is 6.03 Å². The molecule has 1 aliphatic rings. The maximum absolute atomic E-state index is 13.6. The minimum atomic E-state index is -1.87. The highest BCUT2D eigenvalue weighted by Gasteiger charge is 2.38. The molecule has 6 nitrogen and oxygen atoms in total. The molecular weight excluding hydrogens is 462 g/mol. The van der Waals surface area contributed by atoms with Crippen molar-refractivity contribution < 1.29 is 18.7 Å². The van der Waals surface area contributed by atoms with Crippen LogP contribution in [0.4, 0.5) is 13.6 Å². The zero-order valence-electron chi connectivity index (χ0n) is 19.6. The van der Waals surface area contributed by atoms with Gasteiger partial charge in [0.25, 0.3) is 0 Å². The molecule has 0 unspecified atom stereocenters. The fourth-order valence-corrected chi connectivity index (χ4v) is 4.83. The van der Waals surface area contributed by atoms with Gasteiger partial charge in [0.2, 0.25) is 0 Å². The van der Waals surface area contributed by atoms with Crippen molar-refractivity contribution in [3.63, 3.8) is 0 Å². The molecule has 1 aromatic heterocycles. The van der Waals surface area contributed by atoms with Crippen LogP contribution in [-0.2, 0) is 12.0 Å². The number of piperidine rings is 1. The Hall–Kier alpha value is -3.91. The van der Waals surface area contributed by atoms with Crippen molar-refractivity contribution >= 4 is 6.03 Å². The Morgan fingerprint density at radius 3 is 2.14 bits per heavy atom. The molecule has 2 heterocycles. The van der Waals surface area contributed by atoms with Crippen molar-refractivity contribution in [2.45, 2.75) is 37.3 Å². The monoisotopic (exact) mass is 488 g/mol. The van der Waals surface area contributed by atoms with Gasteiger partial charge in [-0.1, -0.05) is 59.4 Å².